The van der Waals surface area contributed by atoms with Gasteiger partial charge in [-0.2, -0.15) is 59.9 Å². The number of carbonyl (C=O) groups is 4. The molecule has 0 aliphatic heterocycles. The third kappa shape index (κ3) is 45.5. The second-order valence-corrected chi connectivity index (χ2v) is 23.8. The molecule has 0 aliphatic rings. The number of hydrazone groups is 4. The van der Waals surface area contributed by atoms with Crippen LogP contribution in [-0.4, -0.2) is 158 Å². The number of rotatable bonds is 16. The number of amides is 4. The smallest absolute Gasteiger partial charge is 0.741 e. The summed E-state index contributed by atoms with van der Waals surface area (Å²) in [4.78, 5) is 56.8. The molecule has 4 aromatic carbocycles. The van der Waals surface area contributed by atoms with Gasteiger partial charge in [0.25, 0.3) is 23.6 Å². The van der Waals surface area contributed by atoms with Gasteiger partial charge in [-0.15, -0.1) is 0 Å². The number of ether oxygens (including phenoxy) is 2. The number of alkyl halides is 9. The van der Waals surface area contributed by atoms with Crippen LogP contribution in [0.5, 0.6) is 0 Å². The minimum absolute atomic E-state index is 0. The average Bonchev–Trinajstić information content (AvgIpc) is 0.898. The van der Waals surface area contributed by atoms with Gasteiger partial charge in [-0.25, -0.2) is 56.9 Å². The topological polar surface area (TPSA) is 433 Å². The summed E-state index contributed by atoms with van der Waals surface area (Å²) in [7, 11) is -17.3. The zero-order valence-electron chi connectivity index (χ0n) is 50.8. The Morgan fingerprint density at radius 1 is 0.408 bits per heavy atom. The molecule has 0 unspecified atom stereocenters. The van der Waals surface area contributed by atoms with Crippen molar-refractivity contribution in [3.63, 3.8) is 0 Å². The Hall–Kier alpha value is -6.21. The number of carbonyl (C=O) groups excluding carboxylic acids is 4. The largest absolute Gasteiger partial charge is 3.00 e. The zero-order valence-corrected chi connectivity index (χ0v) is 63.2. The summed E-state index contributed by atoms with van der Waals surface area (Å²) in [5, 5.41) is 22.7. The van der Waals surface area contributed by atoms with Crippen LogP contribution in [0.3, 0.4) is 0 Å². The van der Waals surface area contributed by atoms with E-state index in [1.807, 2.05) is 27.7 Å². The van der Waals surface area contributed by atoms with Crippen LogP contribution in [0.2, 0.25) is 0 Å². The van der Waals surface area contributed by atoms with E-state index in [9.17, 15) is 58.7 Å². The monoisotopic (exact) mass is 1840 g/mol. The molecule has 2 aromatic heterocycles. The summed E-state index contributed by atoms with van der Waals surface area (Å²) >= 11 is 13.3. The summed E-state index contributed by atoms with van der Waals surface area (Å²) in [6.07, 6.45) is 5.70. The Kier molecular flexibility index (Phi) is 51.1. The van der Waals surface area contributed by atoms with Gasteiger partial charge in [0.2, 0.25) is 0 Å². The van der Waals surface area contributed by atoms with Crippen molar-refractivity contribution in [1.29, 1.82) is 0 Å². The van der Waals surface area contributed by atoms with Crippen molar-refractivity contribution in [3.8, 4) is 0 Å². The normalized spacial score (nSPS) is 11.1. The first-order valence-electron chi connectivity index (χ1n) is 25.6. The van der Waals surface area contributed by atoms with E-state index in [1.54, 1.807) is 133 Å². The minimum Gasteiger partial charge on any atom is -0.741 e. The van der Waals surface area contributed by atoms with Gasteiger partial charge in [0.05, 0.1) is 47.6 Å². The van der Waals surface area contributed by atoms with Gasteiger partial charge in [-0.05, 0) is 149 Å². The number of pyridine rings is 2. The zero-order chi connectivity index (χ0) is 73.9. The van der Waals surface area contributed by atoms with Crippen LogP contribution in [0.25, 0.3) is 0 Å². The van der Waals surface area contributed by atoms with E-state index in [2.05, 4.69) is 116 Å². The number of hydrogen-bond acceptors (Lipinski definition) is 22. The molecule has 0 saturated carbocycles. The van der Waals surface area contributed by atoms with Gasteiger partial charge in [0.1, 0.15) is 0 Å². The van der Waals surface area contributed by atoms with Crippen LogP contribution in [0, 0.1) is 35.6 Å². The molecule has 0 fully saturated rings. The average molecular weight is 1840 g/mol. The fourth-order valence-electron chi connectivity index (χ4n) is 4.93. The Bertz CT molecular complexity index is 3370. The summed E-state index contributed by atoms with van der Waals surface area (Å²) in [6.45, 7) is 11.3. The molecule has 0 atom stereocenters. The number of nitrogens with one attached hydrogen (secondary N) is 4. The molecule has 44 heteroatoms. The number of benzene rings is 4. The Morgan fingerprint density at radius 3 is 0.684 bits per heavy atom. The molecule has 6 rings (SSSR count). The summed E-state index contributed by atoms with van der Waals surface area (Å²) in [5.41, 5.74) is -3.09. The van der Waals surface area contributed by atoms with E-state index < -0.39 is 46.9 Å². The van der Waals surface area contributed by atoms with Crippen LogP contribution < -0.4 is 21.7 Å². The van der Waals surface area contributed by atoms with Gasteiger partial charge >= 0.3 is 52.1 Å². The predicted molar refractivity (Wildman–Crippen MR) is 349 cm³/mol. The second kappa shape index (κ2) is 51.0. The Labute approximate surface area is 616 Å². The molecule has 27 nitrogen and oxygen atoms in total. The molecule has 6 aromatic rings. The molecule has 0 bridgehead atoms. The van der Waals surface area contributed by atoms with Crippen molar-refractivity contribution in [1.82, 2.24) is 31.7 Å². The molecular formula is C54H56Br4F9LaN10O17S3. The maximum Gasteiger partial charge on any atom is 3.00 e. The fraction of sp³-hybridized carbons (Fsp3) is 0.222. The van der Waals surface area contributed by atoms with Gasteiger partial charge in [-0.1, -0.05) is 75.9 Å². The van der Waals surface area contributed by atoms with Crippen LogP contribution >= 0.6 is 63.7 Å². The quantitative estimate of drug-likeness (QED) is 0.0198. The van der Waals surface area contributed by atoms with Crippen molar-refractivity contribution in [3.05, 3.63) is 196 Å². The van der Waals surface area contributed by atoms with Crippen LogP contribution in [0.1, 0.15) is 91.9 Å². The molecule has 98 heavy (non-hydrogen) atoms. The molecule has 2 heterocycles. The maximum absolute atomic E-state index is 12.0. The van der Waals surface area contributed by atoms with E-state index in [4.69, 9.17) is 53.5 Å². The molecule has 536 valence electrons. The number of aliphatic hydroxyl groups excluding tert-OH is 1. The van der Waals surface area contributed by atoms with Crippen molar-refractivity contribution in [2.24, 2.45) is 20.4 Å². The van der Waals surface area contributed by atoms with Gasteiger partial charge in [0.15, 0.2) is 30.4 Å². The van der Waals surface area contributed by atoms with E-state index >= 15 is 0 Å². The summed E-state index contributed by atoms with van der Waals surface area (Å²) in [6, 6.07) is 38.2. The van der Waals surface area contributed by atoms with Crippen molar-refractivity contribution >= 4 is 143 Å². The SMILES string of the molecule is CCOCC.CCOCC.CO.O.O=C(N/N=C/c1cccc(/C=N/NC(=O)c2ccc(Br)cc2)n1)c1ccc(Br)cc1.O=C(N/N=C/c1cccc(/C=N/NC(=O)c2ccc(Br)cc2)n1)c1ccc(Br)cc1.O=S(=O)([O-])C(F)(F)F.O=S(=O)([O-])C(F)(F)F.O=S(=O)([O-])C(F)(F)F.[La+3]. The minimum atomic E-state index is -6.09. The third-order valence-electron chi connectivity index (χ3n) is 9.13. The van der Waals surface area contributed by atoms with E-state index in [0.717, 1.165) is 51.4 Å². The third-order valence-corrected chi connectivity index (χ3v) is 12.9. The van der Waals surface area contributed by atoms with Crippen molar-refractivity contribution in [2.75, 3.05) is 33.5 Å². The summed E-state index contributed by atoms with van der Waals surface area (Å²) in [5.74, 6) is -1.31. The van der Waals surface area contributed by atoms with E-state index in [-0.39, 0.29) is 64.7 Å². The molecule has 0 aliphatic carbocycles. The maximum atomic E-state index is 12.0. The first-order valence-corrected chi connectivity index (χ1v) is 33.0. The Balaban J connectivity index is -0.000000597. The van der Waals surface area contributed by atoms with Crippen LogP contribution in [0.15, 0.2) is 172 Å². The summed E-state index contributed by atoms with van der Waals surface area (Å²) < 4.78 is 190. The van der Waals surface area contributed by atoms with Gasteiger partial charge in [-0.3, -0.25) is 19.2 Å². The van der Waals surface area contributed by atoms with E-state index in [0.29, 0.717) is 45.0 Å². The number of aromatic nitrogens is 2. The second-order valence-electron chi connectivity index (χ2n) is 16.1. The van der Waals surface area contributed by atoms with Crippen molar-refractivity contribution in [2.45, 2.75) is 44.2 Å². The number of nitrogens with zero attached hydrogens (tertiary/aromatic N) is 6. The first kappa shape index (κ1) is 98.2. The molecule has 0 spiro atoms. The number of halogens is 13. The molecule has 7 N–H and O–H groups in total. The molecule has 4 amide bonds. The standard InChI is InChI=1S/2C21H15Br2N5O2.2C4H10O.3CHF3O3S.CH4O.La.H2O/c2*22-16-8-4-14(5-9-16)20(29)27-24-12-18-2-1-3-19(26-18)13-25-28-21(30)15-6-10-17(23)11-7-15;2*1-3-5-4-2;3*2-1(3,4)8(5,6)7;1-2;;/h2*1-13H,(H,27,29)(H,28,30);2*3-4H2,1-2H3;3*(H,5,6,7);2H,1H3;;1H2/q;;;;;;;;+3;/p-3/b2*24-12+,25-13+;;;;;;;;. The van der Waals surface area contributed by atoms with Gasteiger partial charge in [0, 0.05) is 73.7 Å². The van der Waals surface area contributed by atoms with Crippen LogP contribution in [-0.2, 0) is 39.8 Å². The number of hydrogen-bond donors (Lipinski definition) is 5. The Morgan fingerprint density at radius 2 is 0.561 bits per heavy atom. The molecule has 0 saturated heterocycles. The van der Waals surface area contributed by atoms with Gasteiger partial charge < -0.3 is 33.7 Å². The van der Waals surface area contributed by atoms with Crippen LogP contribution in [0.4, 0.5) is 39.5 Å². The molecule has 0 radical (unpaired) electrons. The molecular weight excluding hydrogens is 1790 g/mol. The van der Waals surface area contributed by atoms with Crippen molar-refractivity contribution < 1.29 is 153 Å². The fourth-order valence-corrected chi connectivity index (χ4v) is 5.98. The predicted octanol–water partition coefficient (Wildman–Crippen LogP) is 9.29. The number of aliphatic hydroxyl groups is 1. The first-order chi connectivity index (χ1) is 44.6. The van der Waals surface area contributed by atoms with E-state index in [1.165, 1.54) is 24.9 Å².